The van der Waals surface area contributed by atoms with Crippen LogP contribution in [0.15, 0.2) is 18.2 Å². The molecule has 2 unspecified atom stereocenters. The van der Waals surface area contributed by atoms with E-state index in [1.54, 1.807) is 0 Å². The smallest absolute Gasteiger partial charge is 0.326 e. The molecule has 0 aromatic heterocycles. The highest BCUT2D eigenvalue weighted by atomic mass is 35.5. The number of carbonyl (C=O) groups is 2. The van der Waals surface area contributed by atoms with Gasteiger partial charge in [0.25, 0.3) is 5.91 Å². The predicted octanol–water partition coefficient (Wildman–Crippen LogP) is 1.79. The number of nitrogens with zero attached hydrogens (tertiary/aromatic N) is 1. The highest BCUT2D eigenvalue weighted by molar-refractivity contribution is 6.33. The molecule has 2 rings (SSSR count). The molecule has 0 saturated carbocycles. The largest absolute Gasteiger partial charge is 0.480 e. The van der Waals surface area contributed by atoms with Crippen molar-refractivity contribution in [3.8, 4) is 0 Å². The van der Waals surface area contributed by atoms with Gasteiger partial charge in [0, 0.05) is 20.1 Å². The van der Waals surface area contributed by atoms with E-state index >= 15 is 0 Å². The van der Waals surface area contributed by atoms with Gasteiger partial charge in [0.15, 0.2) is 0 Å². The molecule has 1 saturated heterocycles. The van der Waals surface area contributed by atoms with Gasteiger partial charge in [-0.15, -0.1) is 0 Å². The van der Waals surface area contributed by atoms with Gasteiger partial charge >= 0.3 is 5.97 Å². The summed E-state index contributed by atoms with van der Waals surface area (Å²) < 4.78 is 18.8. The summed E-state index contributed by atoms with van der Waals surface area (Å²) in [5.74, 6) is -2.65. The number of halogens is 2. The van der Waals surface area contributed by atoms with Crippen LogP contribution < -0.4 is 0 Å². The zero-order valence-electron chi connectivity index (χ0n) is 10.7. The Bertz CT molecular complexity index is 531. The lowest BCUT2D eigenvalue weighted by Crippen LogP contribution is -2.41. The standard InChI is InChI=1S/C13H13ClFNO4/c1-20-7-5-10(13(18)19)16(6-7)12(17)11-8(14)3-2-4-9(11)15/h2-4,7,10H,5-6H2,1H3,(H,18,19). The number of likely N-dealkylation sites (tertiary alicyclic amines) is 1. The second-order valence-corrected chi connectivity index (χ2v) is 4.91. The van der Waals surface area contributed by atoms with E-state index in [9.17, 15) is 14.0 Å². The number of carboxylic acid groups (broad SMARTS) is 1. The Kier molecular flexibility index (Phi) is 4.25. The number of carboxylic acids is 1. The van der Waals surface area contributed by atoms with E-state index in [2.05, 4.69) is 0 Å². The molecule has 1 aliphatic rings. The van der Waals surface area contributed by atoms with Crippen molar-refractivity contribution in [2.45, 2.75) is 18.6 Å². The van der Waals surface area contributed by atoms with Crippen LogP contribution >= 0.6 is 11.6 Å². The SMILES string of the molecule is COC1CC(C(=O)O)N(C(=O)c2c(F)cccc2Cl)C1. The molecule has 0 radical (unpaired) electrons. The van der Waals surface area contributed by atoms with Crippen LogP contribution in [0.25, 0.3) is 0 Å². The average molecular weight is 302 g/mol. The molecule has 1 amide bonds. The number of hydrogen-bond acceptors (Lipinski definition) is 3. The first-order chi connectivity index (χ1) is 9.45. The summed E-state index contributed by atoms with van der Waals surface area (Å²) >= 11 is 5.83. The topological polar surface area (TPSA) is 66.8 Å². The number of hydrogen-bond donors (Lipinski definition) is 1. The lowest BCUT2D eigenvalue weighted by molar-refractivity contribution is -0.141. The lowest BCUT2D eigenvalue weighted by Gasteiger charge is -2.22. The molecule has 1 N–H and O–H groups in total. The predicted molar refractivity (Wildman–Crippen MR) is 69.3 cm³/mol. The molecule has 1 aromatic rings. The monoisotopic (exact) mass is 301 g/mol. The molecule has 108 valence electrons. The van der Waals surface area contributed by atoms with E-state index in [4.69, 9.17) is 21.4 Å². The summed E-state index contributed by atoms with van der Waals surface area (Å²) in [6.45, 7) is 0.0942. The second-order valence-electron chi connectivity index (χ2n) is 4.50. The molecule has 0 spiro atoms. The van der Waals surface area contributed by atoms with Crippen molar-refractivity contribution in [3.63, 3.8) is 0 Å². The van der Waals surface area contributed by atoms with Crippen LogP contribution in [0.5, 0.6) is 0 Å². The summed E-state index contributed by atoms with van der Waals surface area (Å²) in [7, 11) is 1.44. The van der Waals surface area contributed by atoms with Gasteiger partial charge in [-0.2, -0.15) is 0 Å². The number of methoxy groups -OCH3 is 1. The third-order valence-electron chi connectivity index (χ3n) is 3.32. The van der Waals surface area contributed by atoms with Gasteiger partial charge < -0.3 is 14.7 Å². The fourth-order valence-electron chi connectivity index (χ4n) is 2.27. The molecule has 0 aliphatic carbocycles. The van der Waals surface area contributed by atoms with Gasteiger partial charge in [0.1, 0.15) is 11.9 Å². The molecule has 1 fully saturated rings. The number of aliphatic carboxylic acids is 1. The van der Waals surface area contributed by atoms with Crippen LogP contribution in [0.1, 0.15) is 16.8 Å². The van der Waals surface area contributed by atoms with Crippen molar-refractivity contribution < 1.29 is 23.8 Å². The van der Waals surface area contributed by atoms with E-state index in [0.29, 0.717) is 0 Å². The number of benzene rings is 1. The fraction of sp³-hybridized carbons (Fsp3) is 0.385. The van der Waals surface area contributed by atoms with Crippen LogP contribution in [0.2, 0.25) is 5.02 Å². The molecule has 1 aromatic carbocycles. The zero-order chi connectivity index (χ0) is 14.9. The third kappa shape index (κ3) is 2.62. The van der Waals surface area contributed by atoms with Gasteiger partial charge in [-0.05, 0) is 12.1 Å². The average Bonchev–Trinajstić information content (AvgIpc) is 2.82. The van der Waals surface area contributed by atoms with Crippen molar-refractivity contribution >= 4 is 23.5 Å². The van der Waals surface area contributed by atoms with Gasteiger partial charge in [-0.3, -0.25) is 4.79 Å². The summed E-state index contributed by atoms with van der Waals surface area (Å²) in [6, 6.07) is 2.84. The first-order valence-electron chi connectivity index (χ1n) is 5.96. The molecular weight excluding hydrogens is 289 g/mol. The van der Waals surface area contributed by atoms with Crippen molar-refractivity contribution in [3.05, 3.63) is 34.6 Å². The van der Waals surface area contributed by atoms with Gasteiger partial charge in [-0.25, -0.2) is 9.18 Å². The first kappa shape index (κ1) is 14.7. The van der Waals surface area contributed by atoms with E-state index in [-0.39, 0.29) is 29.7 Å². The van der Waals surface area contributed by atoms with Crippen molar-refractivity contribution in [2.24, 2.45) is 0 Å². The van der Waals surface area contributed by atoms with Crippen LogP contribution in [0, 0.1) is 5.82 Å². The Morgan fingerprint density at radius 2 is 2.20 bits per heavy atom. The first-order valence-corrected chi connectivity index (χ1v) is 6.34. The minimum atomic E-state index is -1.15. The van der Waals surface area contributed by atoms with Crippen LogP contribution in [-0.2, 0) is 9.53 Å². The molecule has 5 nitrogen and oxygen atoms in total. The minimum absolute atomic E-state index is 0.0417. The zero-order valence-corrected chi connectivity index (χ0v) is 11.4. The normalized spacial score (nSPS) is 22.1. The Morgan fingerprint density at radius 3 is 2.75 bits per heavy atom. The molecule has 2 atom stereocenters. The summed E-state index contributed by atoms with van der Waals surface area (Å²) in [5, 5.41) is 9.11. The molecular formula is C13H13ClFNO4. The molecule has 20 heavy (non-hydrogen) atoms. The van der Waals surface area contributed by atoms with E-state index in [1.165, 1.54) is 19.2 Å². The maximum atomic E-state index is 13.8. The quantitative estimate of drug-likeness (QED) is 0.924. The van der Waals surface area contributed by atoms with Gasteiger partial charge in [0.2, 0.25) is 0 Å². The molecule has 1 heterocycles. The van der Waals surface area contributed by atoms with E-state index in [1.807, 2.05) is 0 Å². The van der Waals surface area contributed by atoms with Gasteiger partial charge in [0.05, 0.1) is 16.7 Å². The molecule has 7 heteroatoms. The number of amides is 1. The minimum Gasteiger partial charge on any atom is -0.480 e. The highest BCUT2D eigenvalue weighted by Gasteiger charge is 2.41. The molecule has 1 aliphatic heterocycles. The molecule has 0 bridgehead atoms. The third-order valence-corrected chi connectivity index (χ3v) is 3.63. The van der Waals surface area contributed by atoms with Crippen LogP contribution in [-0.4, -0.2) is 47.7 Å². The van der Waals surface area contributed by atoms with Crippen molar-refractivity contribution in [1.29, 1.82) is 0 Å². The van der Waals surface area contributed by atoms with Crippen molar-refractivity contribution in [1.82, 2.24) is 4.90 Å². The Balaban J connectivity index is 2.34. The highest BCUT2D eigenvalue weighted by Crippen LogP contribution is 2.27. The van der Waals surface area contributed by atoms with Crippen molar-refractivity contribution in [2.75, 3.05) is 13.7 Å². The van der Waals surface area contributed by atoms with Crippen LogP contribution in [0.4, 0.5) is 4.39 Å². The summed E-state index contributed by atoms with van der Waals surface area (Å²) in [4.78, 5) is 24.6. The number of ether oxygens (including phenoxy) is 1. The summed E-state index contributed by atoms with van der Waals surface area (Å²) in [5.41, 5.74) is -0.308. The lowest BCUT2D eigenvalue weighted by atomic mass is 10.1. The van der Waals surface area contributed by atoms with Crippen LogP contribution in [0.3, 0.4) is 0 Å². The maximum Gasteiger partial charge on any atom is 0.326 e. The maximum absolute atomic E-state index is 13.8. The Labute approximate surface area is 119 Å². The van der Waals surface area contributed by atoms with Gasteiger partial charge in [-0.1, -0.05) is 17.7 Å². The van der Waals surface area contributed by atoms with E-state index in [0.717, 1.165) is 11.0 Å². The summed E-state index contributed by atoms with van der Waals surface area (Å²) in [6.07, 6.45) is -0.213. The second kappa shape index (κ2) is 5.76. The number of carbonyl (C=O) groups excluding carboxylic acids is 1. The van der Waals surface area contributed by atoms with E-state index < -0.39 is 23.7 Å². The Hall–Kier alpha value is -1.66. The fourth-order valence-corrected chi connectivity index (χ4v) is 2.52. The number of rotatable bonds is 3. The Morgan fingerprint density at radius 1 is 1.50 bits per heavy atom.